The predicted molar refractivity (Wildman–Crippen MR) is 104 cm³/mol. The molecule has 1 heterocycles. The number of amides is 1. The fourth-order valence-electron chi connectivity index (χ4n) is 2.58. The first-order chi connectivity index (χ1) is 14.0. The second-order valence-corrected chi connectivity index (χ2v) is 6.23. The molecule has 0 bridgehead atoms. The third kappa shape index (κ3) is 5.13. The average molecular weight is 397 g/mol. The van der Waals surface area contributed by atoms with E-state index in [9.17, 15) is 23.2 Å². The Balaban J connectivity index is 1.70. The van der Waals surface area contributed by atoms with Crippen LogP contribution in [0.15, 0.2) is 71.7 Å². The lowest BCUT2D eigenvalue weighted by Crippen LogP contribution is -2.31. The van der Waals surface area contributed by atoms with Gasteiger partial charge in [-0.3, -0.25) is 25.2 Å². The molecular weight excluding hydrogens is 380 g/mol. The molecule has 0 atom stereocenters. The summed E-state index contributed by atoms with van der Waals surface area (Å²) < 4.78 is 26.9. The molecule has 0 unspecified atom stereocenters. The molecule has 0 fully saturated rings. The smallest absolute Gasteiger partial charge is 0.271 e. The van der Waals surface area contributed by atoms with Crippen LogP contribution in [0.4, 0.5) is 14.5 Å². The van der Waals surface area contributed by atoms with Gasteiger partial charge in [0, 0.05) is 17.8 Å². The zero-order valence-electron chi connectivity index (χ0n) is 15.2. The van der Waals surface area contributed by atoms with E-state index in [1.807, 2.05) is 0 Å². The molecule has 29 heavy (non-hydrogen) atoms. The summed E-state index contributed by atoms with van der Waals surface area (Å²) in [6, 6.07) is 14.0. The number of hydrogen-bond donors (Lipinski definition) is 2. The van der Waals surface area contributed by atoms with Gasteiger partial charge >= 0.3 is 0 Å². The van der Waals surface area contributed by atoms with Gasteiger partial charge in [-0.15, -0.1) is 0 Å². The van der Waals surface area contributed by atoms with Crippen LogP contribution < -0.4 is 16.4 Å². The van der Waals surface area contributed by atoms with Gasteiger partial charge in [-0.25, -0.2) is 8.78 Å². The van der Waals surface area contributed by atoms with Gasteiger partial charge in [0.15, 0.2) is 5.78 Å². The van der Waals surface area contributed by atoms with Crippen molar-refractivity contribution in [2.24, 2.45) is 0 Å². The van der Waals surface area contributed by atoms with Crippen molar-refractivity contribution in [1.29, 1.82) is 0 Å². The normalized spacial score (nSPS) is 10.4. The minimum absolute atomic E-state index is 0.133. The lowest BCUT2D eigenvalue weighted by Gasteiger charge is -2.10. The Morgan fingerprint density at radius 2 is 1.69 bits per heavy atom. The summed E-state index contributed by atoms with van der Waals surface area (Å²) in [5, 5.41) is 0. The number of halogens is 2. The van der Waals surface area contributed by atoms with Crippen LogP contribution in [-0.4, -0.2) is 16.3 Å². The molecule has 0 saturated heterocycles. The summed E-state index contributed by atoms with van der Waals surface area (Å²) in [4.78, 5) is 36.7. The first kappa shape index (κ1) is 19.9. The Labute approximate surface area is 164 Å². The van der Waals surface area contributed by atoms with E-state index in [0.29, 0.717) is 16.8 Å². The molecule has 6 nitrogen and oxygen atoms in total. The molecule has 0 radical (unpaired) electrons. The molecule has 148 valence electrons. The maximum Gasteiger partial charge on any atom is 0.271 e. The number of carbonyl (C=O) groups is 2. The number of rotatable bonds is 7. The van der Waals surface area contributed by atoms with Crippen LogP contribution in [0.25, 0.3) is 0 Å². The van der Waals surface area contributed by atoms with Gasteiger partial charge in [0.05, 0.1) is 17.8 Å². The molecule has 2 aromatic carbocycles. The number of alkyl halides is 1. The Morgan fingerprint density at radius 3 is 2.38 bits per heavy atom. The van der Waals surface area contributed by atoms with Crippen molar-refractivity contribution >= 4 is 17.4 Å². The fraction of sp³-hybridized carbons (Fsp3) is 0.0952. The zero-order chi connectivity index (χ0) is 20.8. The molecule has 8 heteroatoms. The molecule has 2 N–H and O–H groups in total. The first-order valence-corrected chi connectivity index (χ1v) is 8.67. The van der Waals surface area contributed by atoms with E-state index < -0.39 is 24.0 Å². The summed E-state index contributed by atoms with van der Waals surface area (Å²) in [7, 11) is 0. The van der Waals surface area contributed by atoms with Crippen molar-refractivity contribution in [2.75, 3.05) is 5.43 Å². The highest BCUT2D eigenvalue weighted by Gasteiger charge is 2.12. The van der Waals surface area contributed by atoms with E-state index in [1.54, 1.807) is 6.07 Å². The molecule has 0 spiro atoms. The SMILES string of the molecule is O=C(Cn1cc(C(=O)NNc2cccc(F)c2)ccc1=O)c1ccc(CF)cc1. The molecule has 3 rings (SSSR count). The van der Waals surface area contributed by atoms with Crippen LogP contribution >= 0.6 is 0 Å². The third-order valence-corrected chi connectivity index (χ3v) is 4.13. The molecule has 0 aliphatic heterocycles. The van der Waals surface area contributed by atoms with E-state index in [0.717, 1.165) is 4.57 Å². The zero-order valence-corrected chi connectivity index (χ0v) is 15.2. The van der Waals surface area contributed by atoms with Crippen LogP contribution in [0, 0.1) is 5.82 Å². The highest BCUT2D eigenvalue weighted by molar-refractivity contribution is 5.96. The number of hydrogen-bond acceptors (Lipinski definition) is 4. The van der Waals surface area contributed by atoms with Crippen molar-refractivity contribution in [1.82, 2.24) is 9.99 Å². The standard InChI is InChI=1S/C21H17F2N3O3/c22-11-14-4-6-15(7-5-14)19(27)13-26-12-16(8-9-20(26)28)21(29)25-24-18-3-1-2-17(23)10-18/h1-10,12,24H,11,13H2,(H,25,29). The van der Waals surface area contributed by atoms with E-state index >= 15 is 0 Å². The lowest BCUT2D eigenvalue weighted by molar-refractivity contribution is 0.0950. The van der Waals surface area contributed by atoms with Gasteiger partial charge in [-0.1, -0.05) is 30.3 Å². The van der Waals surface area contributed by atoms with Crippen LogP contribution in [0.5, 0.6) is 0 Å². The summed E-state index contributed by atoms with van der Waals surface area (Å²) >= 11 is 0. The molecule has 1 amide bonds. The Bertz CT molecular complexity index is 1090. The van der Waals surface area contributed by atoms with E-state index in [-0.39, 0.29) is 17.9 Å². The predicted octanol–water partition coefficient (Wildman–Crippen LogP) is 3.10. The Hall–Kier alpha value is -3.81. The number of aromatic nitrogens is 1. The summed E-state index contributed by atoms with van der Waals surface area (Å²) in [5.41, 5.74) is 5.77. The van der Waals surface area contributed by atoms with E-state index in [1.165, 1.54) is 60.8 Å². The van der Waals surface area contributed by atoms with Crippen molar-refractivity contribution in [3.63, 3.8) is 0 Å². The van der Waals surface area contributed by atoms with Gasteiger partial charge in [-0.2, -0.15) is 0 Å². The van der Waals surface area contributed by atoms with Crippen LogP contribution in [-0.2, 0) is 13.2 Å². The number of carbonyl (C=O) groups excluding carboxylic acids is 2. The van der Waals surface area contributed by atoms with E-state index in [2.05, 4.69) is 10.9 Å². The number of hydrazine groups is 1. The summed E-state index contributed by atoms with van der Waals surface area (Å²) in [6.07, 6.45) is 1.26. The van der Waals surface area contributed by atoms with Crippen LogP contribution in [0.1, 0.15) is 26.3 Å². The second kappa shape index (κ2) is 8.92. The van der Waals surface area contributed by atoms with Gasteiger partial charge in [-0.05, 0) is 29.8 Å². The molecule has 1 aromatic heterocycles. The quantitative estimate of drug-likeness (QED) is 0.474. The first-order valence-electron chi connectivity index (χ1n) is 8.67. The Kier molecular flexibility index (Phi) is 6.13. The number of pyridine rings is 1. The maximum absolute atomic E-state index is 13.2. The van der Waals surface area contributed by atoms with Gasteiger partial charge < -0.3 is 4.57 Å². The van der Waals surface area contributed by atoms with Crippen molar-refractivity contribution in [2.45, 2.75) is 13.2 Å². The highest BCUT2D eigenvalue weighted by Crippen LogP contribution is 2.09. The minimum Gasteiger partial charge on any atom is -0.307 e. The highest BCUT2D eigenvalue weighted by atomic mass is 19.1. The number of anilines is 1. The minimum atomic E-state index is -0.630. The number of Topliss-reactive ketones (excluding diaryl/α,β-unsaturated/α-hetero) is 1. The molecular formula is C21H17F2N3O3. The van der Waals surface area contributed by atoms with Crippen LogP contribution in [0.3, 0.4) is 0 Å². The molecule has 3 aromatic rings. The summed E-state index contributed by atoms with van der Waals surface area (Å²) in [6.45, 7) is -0.902. The number of nitrogens with one attached hydrogen (secondary N) is 2. The third-order valence-electron chi connectivity index (χ3n) is 4.13. The Morgan fingerprint density at radius 1 is 0.966 bits per heavy atom. The molecule has 0 saturated carbocycles. The number of ketones is 1. The van der Waals surface area contributed by atoms with Gasteiger partial charge in [0.2, 0.25) is 0 Å². The number of nitrogens with zero attached hydrogens (tertiary/aromatic N) is 1. The lowest BCUT2D eigenvalue weighted by atomic mass is 10.1. The van der Waals surface area contributed by atoms with Gasteiger partial charge in [0.1, 0.15) is 12.5 Å². The molecule has 0 aliphatic carbocycles. The van der Waals surface area contributed by atoms with Crippen molar-refractivity contribution < 1.29 is 18.4 Å². The average Bonchev–Trinajstić information content (AvgIpc) is 2.73. The molecule has 0 aliphatic rings. The monoisotopic (exact) mass is 397 g/mol. The summed E-state index contributed by atoms with van der Waals surface area (Å²) in [5.74, 6) is -1.38. The largest absolute Gasteiger partial charge is 0.307 e. The van der Waals surface area contributed by atoms with Crippen molar-refractivity contribution in [3.05, 3.63) is 99.7 Å². The van der Waals surface area contributed by atoms with Crippen molar-refractivity contribution in [3.8, 4) is 0 Å². The van der Waals surface area contributed by atoms with E-state index in [4.69, 9.17) is 0 Å². The maximum atomic E-state index is 13.2. The van der Waals surface area contributed by atoms with Crippen LogP contribution in [0.2, 0.25) is 0 Å². The second-order valence-electron chi connectivity index (χ2n) is 6.23. The fourth-order valence-corrected chi connectivity index (χ4v) is 2.58. The topological polar surface area (TPSA) is 80.2 Å². The number of benzene rings is 2. The van der Waals surface area contributed by atoms with Gasteiger partial charge in [0.25, 0.3) is 11.5 Å².